The molecule has 3 N–H and O–H groups in total. The molecule has 146 valence electrons. The first kappa shape index (κ1) is 20.4. The molecule has 0 aromatic rings. The average molecular weight is 364 g/mol. The molecule has 2 rings (SSSR count). The lowest BCUT2D eigenvalue weighted by atomic mass is 9.93. The predicted octanol–water partition coefficient (Wildman–Crippen LogP) is 1.84. The highest BCUT2D eigenvalue weighted by Crippen LogP contribution is 2.22. The molecule has 2 heterocycles. The summed E-state index contributed by atoms with van der Waals surface area (Å²) in [5.41, 5.74) is 5.35. The van der Waals surface area contributed by atoms with Gasteiger partial charge in [-0.15, -0.1) is 0 Å². The third kappa shape index (κ3) is 5.56. The Balaban J connectivity index is 2.06. The summed E-state index contributed by atoms with van der Waals surface area (Å²) in [4.78, 5) is 33.0. The first-order valence-electron chi connectivity index (χ1n) is 9.49. The molecular weight excluding hydrogens is 332 g/mol. The van der Waals surface area contributed by atoms with Crippen LogP contribution in [0.1, 0.15) is 52.9 Å². The van der Waals surface area contributed by atoms with E-state index in [1.54, 1.807) is 4.90 Å². The highest BCUT2D eigenvalue weighted by molar-refractivity contribution is 6.02. The minimum Gasteiger partial charge on any atom is -0.512 e. The number of nitrogens with zero attached hydrogens (tertiary/aromatic N) is 3. The van der Waals surface area contributed by atoms with Gasteiger partial charge in [-0.3, -0.25) is 14.5 Å². The van der Waals surface area contributed by atoms with Crippen molar-refractivity contribution in [3.8, 4) is 0 Å². The second-order valence-corrected chi connectivity index (χ2v) is 8.24. The summed E-state index contributed by atoms with van der Waals surface area (Å²) in [5, 5.41) is 10.00. The highest BCUT2D eigenvalue weighted by Gasteiger charge is 2.33. The first-order valence-corrected chi connectivity index (χ1v) is 9.49. The van der Waals surface area contributed by atoms with Crippen LogP contribution in [0.25, 0.3) is 0 Å². The Morgan fingerprint density at radius 3 is 2.38 bits per heavy atom. The van der Waals surface area contributed by atoms with Crippen LogP contribution in [0.15, 0.2) is 16.8 Å². The Morgan fingerprint density at radius 1 is 1.15 bits per heavy atom. The quantitative estimate of drug-likeness (QED) is 0.450. The normalized spacial score (nSPS) is 23.3. The molecule has 0 bridgehead atoms. The van der Waals surface area contributed by atoms with Gasteiger partial charge in [-0.2, -0.15) is 4.99 Å². The zero-order valence-electron chi connectivity index (χ0n) is 16.2. The van der Waals surface area contributed by atoms with E-state index in [0.29, 0.717) is 19.5 Å². The SMILES string of the molecule is CC(C)(C)/C(O)=C/C(N)=NC(=O)[C@@H]1CCCCN1C(=O)CN1CCCC1. The molecule has 7 nitrogen and oxygen atoms in total. The third-order valence-electron chi connectivity index (χ3n) is 4.96. The smallest absolute Gasteiger partial charge is 0.270 e. The van der Waals surface area contributed by atoms with Crippen molar-refractivity contribution in [3.63, 3.8) is 0 Å². The molecule has 0 radical (unpaired) electrons. The van der Waals surface area contributed by atoms with Crippen LogP contribution in [0.5, 0.6) is 0 Å². The van der Waals surface area contributed by atoms with Gasteiger partial charge in [0.2, 0.25) is 5.91 Å². The number of aliphatic hydroxyl groups excluding tert-OH is 1. The van der Waals surface area contributed by atoms with Crippen LogP contribution in [-0.4, -0.2) is 64.8 Å². The number of amidine groups is 1. The van der Waals surface area contributed by atoms with Gasteiger partial charge in [0.05, 0.1) is 6.54 Å². The molecule has 2 saturated heterocycles. The molecule has 0 aromatic heterocycles. The number of hydrogen-bond donors (Lipinski definition) is 2. The maximum atomic E-state index is 12.7. The molecule has 0 unspecified atom stereocenters. The Morgan fingerprint density at radius 2 is 1.77 bits per heavy atom. The van der Waals surface area contributed by atoms with Gasteiger partial charge in [-0.25, -0.2) is 0 Å². The standard InChI is InChI=1S/C19H32N4O3/c1-19(2,3)15(24)12-16(20)21-18(26)14-8-4-5-11-23(14)17(25)13-22-9-6-7-10-22/h12,14,24H,4-11,13H2,1-3H3,(H2,20,21,26)/b15-12-/t14-/m0/s1. The van der Waals surface area contributed by atoms with Gasteiger partial charge in [-0.1, -0.05) is 20.8 Å². The molecule has 2 aliphatic rings. The number of hydrogen-bond acceptors (Lipinski definition) is 4. The van der Waals surface area contributed by atoms with E-state index in [2.05, 4.69) is 9.89 Å². The van der Waals surface area contributed by atoms with Crippen molar-refractivity contribution < 1.29 is 14.7 Å². The summed E-state index contributed by atoms with van der Waals surface area (Å²) in [5.74, 6) is -0.376. The van der Waals surface area contributed by atoms with Crippen molar-refractivity contribution in [2.75, 3.05) is 26.2 Å². The molecule has 0 saturated carbocycles. The first-order chi connectivity index (χ1) is 12.2. The third-order valence-corrected chi connectivity index (χ3v) is 4.96. The lowest BCUT2D eigenvalue weighted by molar-refractivity contribution is -0.141. The molecule has 2 amide bonds. The van der Waals surface area contributed by atoms with E-state index in [9.17, 15) is 14.7 Å². The summed E-state index contributed by atoms with van der Waals surface area (Å²) >= 11 is 0. The number of nitrogens with two attached hydrogens (primary N) is 1. The van der Waals surface area contributed by atoms with E-state index in [1.165, 1.54) is 6.08 Å². The lowest BCUT2D eigenvalue weighted by Crippen LogP contribution is -2.50. The van der Waals surface area contributed by atoms with E-state index in [0.717, 1.165) is 38.8 Å². The molecule has 7 heteroatoms. The molecule has 1 atom stereocenters. The van der Waals surface area contributed by atoms with Gasteiger partial charge in [0.1, 0.15) is 17.6 Å². The fraction of sp³-hybridized carbons (Fsp3) is 0.737. The van der Waals surface area contributed by atoms with Gasteiger partial charge < -0.3 is 15.7 Å². The topological polar surface area (TPSA) is 99.2 Å². The Kier molecular flexibility index (Phi) is 6.81. The summed E-state index contributed by atoms with van der Waals surface area (Å²) in [7, 11) is 0. The van der Waals surface area contributed by atoms with Crippen molar-refractivity contribution in [2.45, 2.75) is 58.9 Å². The van der Waals surface area contributed by atoms with Crippen LogP contribution in [0.4, 0.5) is 0 Å². The summed E-state index contributed by atoms with van der Waals surface area (Å²) in [6.07, 6.45) is 5.97. The molecule has 26 heavy (non-hydrogen) atoms. The number of aliphatic hydroxyl groups is 1. The minimum absolute atomic E-state index is 0.00759. The fourth-order valence-corrected chi connectivity index (χ4v) is 3.30. The Labute approximate surface area is 155 Å². The summed E-state index contributed by atoms with van der Waals surface area (Å²) in [6.45, 7) is 8.37. The van der Waals surface area contributed by atoms with Crippen molar-refractivity contribution in [3.05, 3.63) is 11.8 Å². The number of rotatable bonds is 4. The number of amides is 2. The zero-order chi connectivity index (χ0) is 19.3. The second kappa shape index (κ2) is 8.66. The number of aliphatic imine (C=N–C) groups is 1. The number of carbonyl (C=O) groups is 2. The lowest BCUT2D eigenvalue weighted by Gasteiger charge is -2.34. The van der Waals surface area contributed by atoms with Crippen LogP contribution in [0.2, 0.25) is 0 Å². The Bertz CT molecular complexity index is 586. The van der Waals surface area contributed by atoms with E-state index in [1.807, 2.05) is 20.8 Å². The van der Waals surface area contributed by atoms with Gasteiger partial charge in [0.15, 0.2) is 0 Å². The largest absolute Gasteiger partial charge is 0.512 e. The van der Waals surface area contributed by atoms with E-state index in [-0.39, 0.29) is 17.5 Å². The van der Waals surface area contributed by atoms with Gasteiger partial charge >= 0.3 is 0 Å². The maximum absolute atomic E-state index is 12.7. The molecule has 2 fully saturated rings. The van der Waals surface area contributed by atoms with E-state index in [4.69, 9.17) is 5.73 Å². The van der Waals surface area contributed by atoms with Gasteiger partial charge in [0, 0.05) is 18.0 Å². The molecule has 0 spiro atoms. The van der Waals surface area contributed by atoms with Crippen LogP contribution < -0.4 is 5.73 Å². The molecule has 0 aromatic carbocycles. The summed E-state index contributed by atoms with van der Waals surface area (Å²) < 4.78 is 0. The minimum atomic E-state index is -0.553. The molecule has 2 aliphatic heterocycles. The highest BCUT2D eigenvalue weighted by atomic mass is 16.3. The van der Waals surface area contributed by atoms with Gasteiger partial charge in [-0.05, 0) is 45.2 Å². The monoisotopic (exact) mass is 364 g/mol. The average Bonchev–Trinajstić information content (AvgIpc) is 3.06. The van der Waals surface area contributed by atoms with Gasteiger partial charge in [0.25, 0.3) is 5.91 Å². The Hall–Kier alpha value is -1.89. The van der Waals surface area contributed by atoms with Crippen molar-refractivity contribution in [1.29, 1.82) is 0 Å². The van der Waals surface area contributed by atoms with Crippen LogP contribution in [0, 0.1) is 5.41 Å². The number of carbonyl (C=O) groups excluding carboxylic acids is 2. The van der Waals surface area contributed by atoms with Crippen LogP contribution in [-0.2, 0) is 9.59 Å². The predicted molar refractivity (Wildman–Crippen MR) is 102 cm³/mol. The van der Waals surface area contributed by atoms with Crippen LogP contribution >= 0.6 is 0 Å². The van der Waals surface area contributed by atoms with E-state index >= 15 is 0 Å². The van der Waals surface area contributed by atoms with Crippen molar-refractivity contribution >= 4 is 17.6 Å². The van der Waals surface area contributed by atoms with Crippen LogP contribution in [0.3, 0.4) is 0 Å². The number of likely N-dealkylation sites (tertiary alicyclic amines) is 2. The van der Waals surface area contributed by atoms with E-state index < -0.39 is 17.4 Å². The fourth-order valence-electron chi connectivity index (χ4n) is 3.30. The molecular formula is C19H32N4O3. The second-order valence-electron chi connectivity index (χ2n) is 8.24. The maximum Gasteiger partial charge on any atom is 0.270 e. The van der Waals surface area contributed by atoms with Crippen molar-refractivity contribution in [2.24, 2.45) is 16.1 Å². The zero-order valence-corrected chi connectivity index (χ0v) is 16.2. The van der Waals surface area contributed by atoms with Crippen molar-refractivity contribution in [1.82, 2.24) is 9.80 Å². The number of piperidine rings is 1. The summed E-state index contributed by atoms with van der Waals surface area (Å²) in [6, 6.07) is -0.553. The number of allylic oxidation sites excluding steroid dienone is 1. The molecule has 0 aliphatic carbocycles.